The van der Waals surface area contributed by atoms with Crippen LogP contribution in [0.4, 0.5) is 0 Å². The minimum atomic E-state index is -0.292. The summed E-state index contributed by atoms with van der Waals surface area (Å²) in [4.78, 5) is 16.1. The van der Waals surface area contributed by atoms with E-state index in [1.165, 1.54) is 7.11 Å². The zero-order chi connectivity index (χ0) is 15.0. The summed E-state index contributed by atoms with van der Waals surface area (Å²) in [5.74, 6) is 0.460. The Morgan fingerprint density at radius 3 is 2.76 bits per heavy atom. The number of carbonyl (C=O) groups is 1. The van der Waals surface area contributed by atoms with E-state index in [1.54, 1.807) is 13.3 Å². The Kier molecular flexibility index (Phi) is 3.25. The largest absolute Gasteiger partial charge is 0.497 e. The Bertz CT molecular complexity index is 836. The number of ether oxygens (including phenoxy) is 2. The number of benzene rings is 1. The Morgan fingerprint density at radius 2 is 2.05 bits per heavy atom. The second kappa shape index (κ2) is 5.09. The number of carbonyl (C=O) groups excluding carboxylic acids is 1. The van der Waals surface area contributed by atoms with E-state index in [1.807, 2.05) is 35.8 Å². The van der Waals surface area contributed by atoms with Gasteiger partial charge in [-0.1, -0.05) is 0 Å². The minimum Gasteiger partial charge on any atom is -0.497 e. The second-order valence-electron chi connectivity index (χ2n) is 4.84. The van der Waals surface area contributed by atoms with E-state index in [-0.39, 0.29) is 12.5 Å². The molecule has 21 heavy (non-hydrogen) atoms. The highest BCUT2D eigenvalue weighted by atomic mass is 16.5. The van der Waals surface area contributed by atoms with E-state index in [2.05, 4.69) is 4.98 Å². The van der Waals surface area contributed by atoms with Crippen molar-refractivity contribution in [3.8, 4) is 5.75 Å². The number of nitrogens with zero attached hydrogens (tertiary/aromatic N) is 2. The van der Waals surface area contributed by atoms with Gasteiger partial charge in [-0.25, -0.2) is 0 Å². The lowest BCUT2D eigenvalue weighted by Crippen LogP contribution is -2.11. The van der Waals surface area contributed by atoms with Gasteiger partial charge in [-0.2, -0.15) is 0 Å². The minimum absolute atomic E-state index is 0.149. The summed E-state index contributed by atoms with van der Waals surface area (Å²) in [6.45, 7) is 2.09. The highest BCUT2D eigenvalue weighted by molar-refractivity contribution is 6.09. The van der Waals surface area contributed by atoms with Gasteiger partial charge in [0.25, 0.3) is 0 Å². The average Bonchev–Trinajstić information content (AvgIpc) is 2.82. The van der Waals surface area contributed by atoms with E-state index in [4.69, 9.17) is 9.47 Å². The fourth-order valence-electron chi connectivity index (χ4n) is 2.68. The third-order valence-electron chi connectivity index (χ3n) is 3.68. The predicted octanol–water partition coefficient (Wildman–Crippen LogP) is 2.68. The van der Waals surface area contributed by atoms with E-state index in [9.17, 15) is 4.79 Å². The molecule has 108 valence electrons. The molecular weight excluding hydrogens is 268 g/mol. The predicted molar refractivity (Wildman–Crippen MR) is 80.5 cm³/mol. The van der Waals surface area contributed by atoms with Crippen LogP contribution in [-0.2, 0) is 16.1 Å². The van der Waals surface area contributed by atoms with Crippen molar-refractivity contribution in [3.05, 3.63) is 36.2 Å². The standard InChI is InChI=1S/C16H16N2O3/c1-10-16-13(6-7-17-10)12-5-4-11(20-2)8-14(12)18(16)9-15(19)21-3/h4-8H,9H2,1-3H3. The molecule has 0 atom stereocenters. The van der Waals surface area contributed by atoms with E-state index < -0.39 is 0 Å². The molecule has 0 bridgehead atoms. The summed E-state index contributed by atoms with van der Waals surface area (Å²) < 4.78 is 12.0. The van der Waals surface area contributed by atoms with Crippen molar-refractivity contribution in [1.82, 2.24) is 9.55 Å². The van der Waals surface area contributed by atoms with Crippen LogP contribution in [0.1, 0.15) is 5.69 Å². The molecule has 2 aromatic heterocycles. The molecule has 1 aromatic carbocycles. The van der Waals surface area contributed by atoms with Crippen molar-refractivity contribution < 1.29 is 14.3 Å². The van der Waals surface area contributed by atoms with Crippen LogP contribution in [0.3, 0.4) is 0 Å². The number of fused-ring (bicyclic) bond motifs is 3. The number of esters is 1. The van der Waals surface area contributed by atoms with Crippen LogP contribution in [0.25, 0.3) is 21.8 Å². The first-order valence-electron chi connectivity index (χ1n) is 6.64. The molecule has 0 aliphatic heterocycles. The summed E-state index contributed by atoms with van der Waals surface area (Å²) in [5, 5.41) is 2.14. The smallest absolute Gasteiger partial charge is 0.325 e. The number of hydrogen-bond acceptors (Lipinski definition) is 4. The highest BCUT2D eigenvalue weighted by Crippen LogP contribution is 2.32. The van der Waals surface area contributed by atoms with Gasteiger partial charge in [0.1, 0.15) is 12.3 Å². The number of pyridine rings is 1. The SMILES string of the molecule is COC(=O)Cn1c2cc(OC)ccc2c2ccnc(C)c21. The maximum Gasteiger partial charge on any atom is 0.325 e. The Morgan fingerprint density at radius 1 is 1.24 bits per heavy atom. The Balaban J connectivity index is 2.39. The van der Waals surface area contributed by atoms with Crippen LogP contribution < -0.4 is 4.74 Å². The summed E-state index contributed by atoms with van der Waals surface area (Å²) in [5.41, 5.74) is 2.77. The summed E-state index contributed by atoms with van der Waals surface area (Å²) in [6.07, 6.45) is 1.78. The molecular formula is C16H16N2O3. The number of rotatable bonds is 3. The molecule has 2 heterocycles. The summed E-state index contributed by atoms with van der Waals surface area (Å²) >= 11 is 0. The van der Waals surface area contributed by atoms with Gasteiger partial charge in [0, 0.05) is 23.0 Å². The van der Waals surface area contributed by atoms with Crippen molar-refractivity contribution in [2.45, 2.75) is 13.5 Å². The molecule has 0 N–H and O–H groups in total. The lowest BCUT2D eigenvalue weighted by Gasteiger charge is -2.07. The second-order valence-corrected chi connectivity index (χ2v) is 4.84. The summed E-state index contributed by atoms with van der Waals surface area (Å²) in [6, 6.07) is 7.81. The van der Waals surface area contributed by atoms with Crippen LogP contribution in [0, 0.1) is 6.92 Å². The maximum atomic E-state index is 11.7. The Labute approximate surface area is 122 Å². The van der Waals surface area contributed by atoms with Gasteiger partial charge in [0.05, 0.1) is 30.9 Å². The third kappa shape index (κ3) is 2.11. The van der Waals surface area contributed by atoms with Crippen molar-refractivity contribution in [2.75, 3.05) is 14.2 Å². The first kappa shape index (κ1) is 13.4. The Hall–Kier alpha value is -2.56. The van der Waals surface area contributed by atoms with Gasteiger partial charge in [0.2, 0.25) is 0 Å². The molecule has 0 aliphatic carbocycles. The van der Waals surface area contributed by atoms with Crippen LogP contribution >= 0.6 is 0 Å². The number of hydrogen-bond donors (Lipinski definition) is 0. The topological polar surface area (TPSA) is 53.4 Å². The molecule has 0 aliphatic rings. The van der Waals surface area contributed by atoms with Crippen LogP contribution in [0.15, 0.2) is 30.5 Å². The molecule has 5 heteroatoms. The molecule has 3 rings (SSSR count). The zero-order valence-electron chi connectivity index (χ0n) is 12.2. The molecule has 0 saturated carbocycles. The lowest BCUT2D eigenvalue weighted by atomic mass is 10.1. The van der Waals surface area contributed by atoms with Crippen molar-refractivity contribution >= 4 is 27.8 Å². The first-order valence-corrected chi connectivity index (χ1v) is 6.64. The molecule has 0 unspecified atom stereocenters. The number of methoxy groups -OCH3 is 2. The third-order valence-corrected chi connectivity index (χ3v) is 3.68. The van der Waals surface area contributed by atoms with Gasteiger partial charge in [-0.3, -0.25) is 9.78 Å². The van der Waals surface area contributed by atoms with Gasteiger partial charge in [0.15, 0.2) is 0 Å². The van der Waals surface area contributed by atoms with Gasteiger partial charge in [-0.15, -0.1) is 0 Å². The van der Waals surface area contributed by atoms with E-state index in [0.717, 1.165) is 33.2 Å². The average molecular weight is 284 g/mol. The molecule has 3 aromatic rings. The van der Waals surface area contributed by atoms with Crippen LogP contribution in [0.5, 0.6) is 5.75 Å². The highest BCUT2D eigenvalue weighted by Gasteiger charge is 2.16. The maximum absolute atomic E-state index is 11.7. The van der Waals surface area contributed by atoms with Crippen molar-refractivity contribution in [2.24, 2.45) is 0 Å². The fourth-order valence-corrected chi connectivity index (χ4v) is 2.68. The number of aryl methyl sites for hydroxylation is 1. The molecule has 0 radical (unpaired) electrons. The molecule has 0 spiro atoms. The van der Waals surface area contributed by atoms with Crippen molar-refractivity contribution in [3.63, 3.8) is 0 Å². The lowest BCUT2D eigenvalue weighted by molar-refractivity contribution is -0.141. The van der Waals surface area contributed by atoms with Gasteiger partial charge < -0.3 is 14.0 Å². The van der Waals surface area contributed by atoms with Crippen LogP contribution in [0.2, 0.25) is 0 Å². The van der Waals surface area contributed by atoms with Gasteiger partial charge in [-0.05, 0) is 25.1 Å². The van der Waals surface area contributed by atoms with Gasteiger partial charge >= 0.3 is 5.97 Å². The van der Waals surface area contributed by atoms with E-state index >= 15 is 0 Å². The van der Waals surface area contributed by atoms with E-state index in [0.29, 0.717) is 0 Å². The quantitative estimate of drug-likeness (QED) is 0.694. The summed E-state index contributed by atoms with van der Waals surface area (Å²) in [7, 11) is 3.02. The molecule has 0 saturated heterocycles. The number of aromatic nitrogens is 2. The first-order chi connectivity index (χ1) is 10.2. The van der Waals surface area contributed by atoms with Crippen LogP contribution in [-0.4, -0.2) is 29.7 Å². The molecule has 0 fully saturated rings. The monoisotopic (exact) mass is 284 g/mol. The fraction of sp³-hybridized carbons (Fsp3) is 0.250. The normalized spacial score (nSPS) is 11.0. The molecule has 5 nitrogen and oxygen atoms in total. The zero-order valence-corrected chi connectivity index (χ0v) is 12.2. The molecule has 0 amide bonds. The van der Waals surface area contributed by atoms with Crippen molar-refractivity contribution in [1.29, 1.82) is 0 Å².